The lowest BCUT2D eigenvalue weighted by atomic mass is 9.68. The van der Waals surface area contributed by atoms with Crippen molar-refractivity contribution >= 4 is 7.12 Å². The molecule has 16 heavy (non-hydrogen) atoms. The van der Waals surface area contributed by atoms with Crippen LogP contribution in [0.4, 0.5) is 0 Å². The van der Waals surface area contributed by atoms with E-state index in [1.807, 2.05) is 6.08 Å². The second kappa shape index (κ2) is 4.19. The van der Waals surface area contributed by atoms with Crippen LogP contribution in [-0.4, -0.2) is 18.3 Å². The molecule has 0 radical (unpaired) electrons. The topological polar surface area (TPSA) is 18.5 Å². The summed E-state index contributed by atoms with van der Waals surface area (Å²) in [5, 5.41) is 0. The van der Waals surface area contributed by atoms with Gasteiger partial charge in [-0.3, -0.25) is 0 Å². The van der Waals surface area contributed by atoms with E-state index in [-0.39, 0.29) is 23.7 Å². The summed E-state index contributed by atoms with van der Waals surface area (Å²) in [4.78, 5) is 0. The molecule has 1 rings (SSSR count). The Morgan fingerprint density at radius 3 is 1.94 bits per heavy atom. The molecule has 0 atom stereocenters. The lowest BCUT2D eigenvalue weighted by Crippen LogP contribution is -2.41. The van der Waals surface area contributed by atoms with Crippen LogP contribution in [0.5, 0.6) is 0 Å². The highest BCUT2D eigenvalue weighted by Crippen LogP contribution is 2.41. The molecule has 0 bridgehead atoms. The molecular weight excluding hydrogens is 199 g/mol. The largest absolute Gasteiger partial charge is 0.458 e. The van der Waals surface area contributed by atoms with Crippen LogP contribution in [0.15, 0.2) is 12.7 Å². The first-order chi connectivity index (χ1) is 7.10. The van der Waals surface area contributed by atoms with Crippen molar-refractivity contribution in [1.29, 1.82) is 0 Å². The van der Waals surface area contributed by atoms with Crippen molar-refractivity contribution in [3.63, 3.8) is 0 Å². The van der Waals surface area contributed by atoms with Gasteiger partial charge in [0.05, 0.1) is 11.2 Å². The van der Waals surface area contributed by atoms with E-state index in [1.54, 1.807) is 0 Å². The number of hydrogen-bond donors (Lipinski definition) is 0. The van der Waals surface area contributed by atoms with Gasteiger partial charge in [-0.15, -0.1) is 6.58 Å². The van der Waals surface area contributed by atoms with E-state index < -0.39 is 0 Å². The molecule has 0 saturated carbocycles. The van der Waals surface area contributed by atoms with E-state index in [0.717, 1.165) is 12.7 Å². The predicted molar refractivity (Wildman–Crippen MR) is 69.5 cm³/mol. The molecule has 0 aromatic carbocycles. The van der Waals surface area contributed by atoms with E-state index in [9.17, 15) is 0 Å². The first-order valence-electron chi connectivity index (χ1n) is 6.06. The van der Waals surface area contributed by atoms with Gasteiger partial charge in [0, 0.05) is 0 Å². The molecule has 0 amide bonds. The molecule has 0 unspecified atom stereocenters. The lowest BCUT2D eigenvalue weighted by Gasteiger charge is -2.32. The van der Waals surface area contributed by atoms with Gasteiger partial charge in [0.2, 0.25) is 0 Å². The molecule has 2 nitrogen and oxygen atoms in total. The maximum absolute atomic E-state index is 5.99. The zero-order chi connectivity index (χ0) is 12.6. The van der Waals surface area contributed by atoms with E-state index in [1.165, 1.54) is 0 Å². The summed E-state index contributed by atoms with van der Waals surface area (Å²) in [6, 6.07) is 0. The Labute approximate surface area is 101 Å². The second-order valence-electron chi connectivity index (χ2n) is 6.55. The standard InChI is InChI=1S/C13H25BO2/c1-8-9-11(2,3)10-14-15-12(4,5)13(6,7)16-14/h8H,1,9-10H2,2-7H3. The molecule has 1 saturated heterocycles. The van der Waals surface area contributed by atoms with Crippen molar-refractivity contribution in [2.45, 2.75) is 65.5 Å². The monoisotopic (exact) mass is 224 g/mol. The summed E-state index contributed by atoms with van der Waals surface area (Å²) in [7, 11) is -0.0973. The summed E-state index contributed by atoms with van der Waals surface area (Å²) in [6.07, 6.45) is 3.86. The summed E-state index contributed by atoms with van der Waals surface area (Å²) < 4.78 is 12.0. The van der Waals surface area contributed by atoms with Crippen LogP contribution in [-0.2, 0) is 9.31 Å². The van der Waals surface area contributed by atoms with Crippen molar-refractivity contribution in [1.82, 2.24) is 0 Å². The van der Waals surface area contributed by atoms with Crippen molar-refractivity contribution in [3.8, 4) is 0 Å². The van der Waals surface area contributed by atoms with E-state index >= 15 is 0 Å². The minimum Gasteiger partial charge on any atom is -0.403 e. The van der Waals surface area contributed by atoms with Gasteiger partial charge in [0.1, 0.15) is 0 Å². The average Bonchev–Trinajstić information content (AvgIpc) is 2.17. The van der Waals surface area contributed by atoms with Crippen LogP contribution < -0.4 is 0 Å². The fourth-order valence-corrected chi connectivity index (χ4v) is 1.97. The maximum Gasteiger partial charge on any atom is 0.458 e. The smallest absolute Gasteiger partial charge is 0.403 e. The molecule has 1 aliphatic rings. The Balaban J connectivity index is 2.64. The Bertz CT molecular complexity index is 253. The van der Waals surface area contributed by atoms with Crippen molar-refractivity contribution in [2.24, 2.45) is 5.41 Å². The summed E-state index contributed by atoms with van der Waals surface area (Å²) >= 11 is 0. The highest BCUT2D eigenvalue weighted by Gasteiger charge is 2.51. The summed E-state index contributed by atoms with van der Waals surface area (Å²) in [5.74, 6) is 0. The van der Waals surface area contributed by atoms with Gasteiger partial charge in [-0.25, -0.2) is 0 Å². The molecule has 1 heterocycles. The first-order valence-corrected chi connectivity index (χ1v) is 6.06. The molecule has 0 aromatic rings. The SMILES string of the molecule is C=CCC(C)(C)CB1OC(C)(C)C(C)(C)O1. The predicted octanol–water partition coefficient (Wildman–Crippen LogP) is 3.68. The van der Waals surface area contributed by atoms with Crippen LogP contribution >= 0.6 is 0 Å². The number of allylic oxidation sites excluding steroid dienone is 1. The van der Waals surface area contributed by atoms with Gasteiger partial charge in [0.15, 0.2) is 0 Å². The second-order valence-corrected chi connectivity index (χ2v) is 6.55. The normalized spacial score (nSPS) is 23.5. The third kappa shape index (κ3) is 2.89. The number of hydrogen-bond acceptors (Lipinski definition) is 2. The van der Waals surface area contributed by atoms with Gasteiger partial charge in [-0.05, 0) is 45.9 Å². The highest BCUT2D eigenvalue weighted by molar-refractivity contribution is 6.45. The van der Waals surface area contributed by atoms with E-state index in [2.05, 4.69) is 48.1 Å². The number of rotatable bonds is 4. The highest BCUT2D eigenvalue weighted by atomic mass is 16.7. The Kier molecular flexibility index (Phi) is 3.61. The molecule has 3 heteroatoms. The Hall–Kier alpha value is -0.275. The summed E-state index contributed by atoms with van der Waals surface area (Å²) in [5.41, 5.74) is -0.257. The van der Waals surface area contributed by atoms with Crippen LogP contribution in [0.1, 0.15) is 48.0 Å². The lowest BCUT2D eigenvalue weighted by molar-refractivity contribution is 0.00578. The third-order valence-electron chi connectivity index (χ3n) is 3.72. The van der Waals surface area contributed by atoms with Crippen molar-refractivity contribution in [2.75, 3.05) is 0 Å². The molecule has 0 aliphatic carbocycles. The van der Waals surface area contributed by atoms with Crippen molar-refractivity contribution in [3.05, 3.63) is 12.7 Å². The first kappa shape index (κ1) is 13.8. The molecule has 92 valence electrons. The quantitative estimate of drug-likeness (QED) is 0.535. The Morgan fingerprint density at radius 1 is 1.12 bits per heavy atom. The molecule has 0 spiro atoms. The van der Waals surface area contributed by atoms with Gasteiger partial charge in [0.25, 0.3) is 0 Å². The molecule has 1 fully saturated rings. The van der Waals surface area contributed by atoms with Gasteiger partial charge in [-0.2, -0.15) is 0 Å². The molecular formula is C13H25BO2. The van der Waals surface area contributed by atoms with E-state index in [4.69, 9.17) is 9.31 Å². The summed E-state index contributed by atoms with van der Waals surface area (Å²) in [6.45, 7) is 16.6. The van der Waals surface area contributed by atoms with Crippen molar-refractivity contribution < 1.29 is 9.31 Å². The van der Waals surface area contributed by atoms with Crippen LogP contribution in [0.25, 0.3) is 0 Å². The third-order valence-corrected chi connectivity index (χ3v) is 3.72. The van der Waals surface area contributed by atoms with Crippen LogP contribution in [0, 0.1) is 5.41 Å². The van der Waals surface area contributed by atoms with Gasteiger partial charge >= 0.3 is 7.12 Å². The fourth-order valence-electron chi connectivity index (χ4n) is 1.97. The molecule has 0 N–H and O–H groups in total. The minimum absolute atomic E-state index is 0.0973. The van der Waals surface area contributed by atoms with Gasteiger partial charge in [-0.1, -0.05) is 19.9 Å². The molecule has 1 aliphatic heterocycles. The minimum atomic E-state index is -0.220. The maximum atomic E-state index is 5.99. The van der Waals surface area contributed by atoms with Crippen LogP contribution in [0.2, 0.25) is 6.32 Å². The zero-order valence-corrected chi connectivity index (χ0v) is 11.6. The fraction of sp³-hybridized carbons (Fsp3) is 0.846. The van der Waals surface area contributed by atoms with Gasteiger partial charge < -0.3 is 9.31 Å². The van der Waals surface area contributed by atoms with E-state index in [0.29, 0.717) is 0 Å². The zero-order valence-electron chi connectivity index (χ0n) is 11.6. The Morgan fingerprint density at radius 2 is 1.56 bits per heavy atom. The van der Waals surface area contributed by atoms with Crippen LogP contribution in [0.3, 0.4) is 0 Å². The molecule has 0 aromatic heterocycles. The average molecular weight is 224 g/mol.